The summed E-state index contributed by atoms with van der Waals surface area (Å²) in [5.41, 5.74) is 1.37. The van der Waals surface area contributed by atoms with Crippen molar-refractivity contribution in [3.8, 4) is 0 Å². The van der Waals surface area contributed by atoms with Crippen LogP contribution in [0.5, 0.6) is 0 Å². The Hall–Kier alpha value is -2.78. The van der Waals surface area contributed by atoms with Gasteiger partial charge in [0.1, 0.15) is 6.54 Å². The van der Waals surface area contributed by atoms with E-state index in [0.717, 1.165) is 10.2 Å². The Balaban J connectivity index is 2.10. The SMILES string of the molecule is CCOC(=O)Cn1c(=NC(=O)c2cccs2)sc2cc(NC(C)=O)ccc21. The molecular weight excluding hydrogens is 386 g/mol. The van der Waals surface area contributed by atoms with Crippen molar-refractivity contribution in [2.45, 2.75) is 20.4 Å². The van der Waals surface area contributed by atoms with Gasteiger partial charge < -0.3 is 14.6 Å². The van der Waals surface area contributed by atoms with Crippen molar-refractivity contribution in [2.24, 2.45) is 4.99 Å². The normalized spacial score (nSPS) is 11.6. The summed E-state index contributed by atoms with van der Waals surface area (Å²) in [4.78, 5) is 40.8. The van der Waals surface area contributed by atoms with Gasteiger partial charge in [-0.1, -0.05) is 17.4 Å². The van der Waals surface area contributed by atoms with E-state index >= 15 is 0 Å². The number of hydrogen-bond acceptors (Lipinski definition) is 6. The van der Waals surface area contributed by atoms with Crippen LogP contribution in [0.3, 0.4) is 0 Å². The number of aromatic nitrogens is 1. The molecule has 3 rings (SSSR count). The van der Waals surface area contributed by atoms with Gasteiger partial charge in [-0.25, -0.2) is 0 Å². The van der Waals surface area contributed by atoms with Gasteiger partial charge >= 0.3 is 5.97 Å². The number of rotatable bonds is 5. The molecule has 2 heterocycles. The van der Waals surface area contributed by atoms with E-state index < -0.39 is 5.97 Å². The van der Waals surface area contributed by atoms with E-state index in [2.05, 4.69) is 10.3 Å². The summed E-state index contributed by atoms with van der Waals surface area (Å²) in [6.07, 6.45) is 0. The zero-order valence-electron chi connectivity index (χ0n) is 14.7. The third kappa shape index (κ3) is 4.50. The zero-order valence-corrected chi connectivity index (χ0v) is 16.4. The largest absolute Gasteiger partial charge is 0.465 e. The third-order valence-electron chi connectivity index (χ3n) is 3.52. The second kappa shape index (κ2) is 8.28. The van der Waals surface area contributed by atoms with Crippen LogP contribution < -0.4 is 10.1 Å². The maximum Gasteiger partial charge on any atom is 0.326 e. The van der Waals surface area contributed by atoms with E-state index in [1.807, 2.05) is 0 Å². The second-order valence-electron chi connectivity index (χ2n) is 5.53. The summed E-state index contributed by atoms with van der Waals surface area (Å²) in [6.45, 7) is 3.39. The van der Waals surface area contributed by atoms with Gasteiger partial charge in [-0.05, 0) is 36.6 Å². The average molecular weight is 403 g/mol. The maximum atomic E-state index is 12.4. The number of esters is 1. The molecule has 0 unspecified atom stereocenters. The van der Waals surface area contributed by atoms with Crippen molar-refractivity contribution in [1.82, 2.24) is 4.57 Å². The van der Waals surface area contributed by atoms with Crippen molar-refractivity contribution in [2.75, 3.05) is 11.9 Å². The van der Waals surface area contributed by atoms with Gasteiger partial charge in [0.05, 0.1) is 21.7 Å². The molecule has 9 heteroatoms. The third-order valence-corrected chi connectivity index (χ3v) is 5.42. The van der Waals surface area contributed by atoms with Gasteiger partial charge in [-0.2, -0.15) is 4.99 Å². The number of ether oxygens (including phenoxy) is 1. The molecule has 1 N–H and O–H groups in total. The Kier molecular flexibility index (Phi) is 5.82. The van der Waals surface area contributed by atoms with Crippen LogP contribution >= 0.6 is 22.7 Å². The highest BCUT2D eigenvalue weighted by Crippen LogP contribution is 2.22. The lowest BCUT2D eigenvalue weighted by Crippen LogP contribution is -2.23. The number of fused-ring (bicyclic) bond motifs is 1. The van der Waals surface area contributed by atoms with Crippen LogP contribution in [0, 0.1) is 0 Å². The van der Waals surface area contributed by atoms with E-state index in [9.17, 15) is 14.4 Å². The predicted molar refractivity (Wildman–Crippen MR) is 105 cm³/mol. The molecule has 0 saturated carbocycles. The zero-order chi connectivity index (χ0) is 19.4. The molecule has 0 saturated heterocycles. The Bertz CT molecular complexity index is 1060. The molecule has 0 aliphatic carbocycles. The van der Waals surface area contributed by atoms with Gasteiger partial charge in [0.15, 0.2) is 4.80 Å². The minimum atomic E-state index is -0.409. The Morgan fingerprint density at radius 2 is 2.07 bits per heavy atom. The molecule has 0 fully saturated rings. The van der Waals surface area contributed by atoms with E-state index in [1.54, 1.807) is 47.2 Å². The minimum absolute atomic E-state index is 0.0517. The van der Waals surface area contributed by atoms with E-state index in [-0.39, 0.29) is 25.0 Å². The topological polar surface area (TPSA) is 89.8 Å². The van der Waals surface area contributed by atoms with Crippen molar-refractivity contribution in [3.05, 3.63) is 45.4 Å². The van der Waals surface area contributed by atoms with Crippen LogP contribution in [0.2, 0.25) is 0 Å². The number of nitrogens with one attached hydrogen (secondary N) is 1. The first-order chi connectivity index (χ1) is 13.0. The first kappa shape index (κ1) is 19.0. The number of anilines is 1. The molecule has 7 nitrogen and oxygen atoms in total. The van der Waals surface area contributed by atoms with Gasteiger partial charge in [-0.3, -0.25) is 14.4 Å². The highest BCUT2D eigenvalue weighted by Gasteiger charge is 2.14. The number of thiophene rings is 1. The number of carbonyl (C=O) groups is 3. The molecule has 27 heavy (non-hydrogen) atoms. The molecule has 0 bridgehead atoms. The molecule has 2 amide bonds. The summed E-state index contributed by atoms with van der Waals surface area (Å²) in [6, 6.07) is 8.80. The second-order valence-corrected chi connectivity index (χ2v) is 7.49. The standard InChI is InChI=1S/C18H17N3O4S2/c1-3-25-16(23)10-21-13-7-6-12(19-11(2)22)9-15(13)27-18(21)20-17(24)14-5-4-8-26-14/h4-9H,3,10H2,1-2H3,(H,19,22). The Morgan fingerprint density at radius 3 is 2.74 bits per heavy atom. The van der Waals surface area contributed by atoms with Crippen molar-refractivity contribution >= 4 is 56.4 Å². The lowest BCUT2D eigenvalue weighted by atomic mass is 10.3. The molecule has 0 aliphatic rings. The number of amides is 2. The fraction of sp³-hybridized carbons (Fsp3) is 0.222. The van der Waals surface area contributed by atoms with Crippen molar-refractivity contribution < 1.29 is 19.1 Å². The quantitative estimate of drug-likeness (QED) is 0.663. The predicted octanol–water partition coefficient (Wildman–Crippen LogP) is 3.03. The molecule has 0 aliphatic heterocycles. The van der Waals surface area contributed by atoms with Gasteiger partial charge in [-0.15, -0.1) is 11.3 Å². The van der Waals surface area contributed by atoms with Crippen LogP contribution in [0.25, 0.3) is 10.2 Å². The number of benzene rings is 1. The summed E-state index contributed by atoms with van der Waals surface area (Å²) < 4.78 is 7.48. The molecule has 2 aromatic heterocycles. The van der Waals surface area contributed by atoms with Gasteiger partial charge in [0, 0.05) is 12.6 Å². The maximum absolute atomic E-state index is 12.4. The Labute approximate surface area is 162 Å². The Morgan fingerprint density at radius 1 is 1.26 bits per heavy atom. The highest BCUT2D eigenvalue weighted by atomic mass is 32.1. The van der Waals surface area contributed by atoms with Crippen LogP contribution in [0.1, 0.15) is 23.5 Å². The monoisotopic (exact) mass is 403 g/mol. The first-order valence-electron chi connectivity index (χ1n) is 8.17. The average Bonchev–Trinajstić information content (AvgIpc) is 3.23. The van der Waals surface area contributed by atoms with Gasteiger partial charge in [0.25, 0.3) is 5.91 Å². The molecule has 0 atom stereocenters. The van der Waals surface area contributed by atoms with Crippen molar-refractivity contribution in [3.63, 3.8) is 0 Å². The number of hydrogen-bond donors (Lipinski definition) is 1. The summed E-state index contributed by atoms with van der Waals surface area (Å²) in [5, 5.41) is 4.53. The van der Waals surface area contributed by atoms with Crippen LogP contribution in [-0.2, 0) is 20.9 Å². The smallest absolute Gasteiger partial charge is 0.326 e. The van der Waals surface area contributed by atoms with E-state index in [4.69, 9.17) is 4.74 Å². The first-order valence-corrected chi connectivity index (χ1v) is 9.86. The molecular formula is C18H17N3O4S2. The lowest BCUT2D eigenvalue weighted by Gasteiger charge is -2.06. The molecule has 3 aromatic rings. The lowest BCUT2D eigenvalue weighted by molar-refractivity contribution is -0.143. The molecule has 0 radical (unpaired) electrons. The number of nitrogens with zero attached hydrogens (tertiary/aromatic N) is 2. The summed E-state index contributed by atoms with van der Waals surface area (Å²) in [5.74, 6) is -0.951. The van der Waals surface area contributed by atoms with E-state index in [0.29, 0.717) is 15.4 Å². The van der Waals surface area contributed by atoms with Crippen molar-refractivity contribution in [1.29, 1.82) is 0 Å². The summed E-state index contributed by atoms with van der Waals surface area (Å²) in [7, 11) is 0. The summed E-state index contributed by atoms with van der Waals surface area (Å²) >= 11 is 2.58. The fourth-order valence-electron chi connectivity index (χ4n) is 2.47. The molecule has 1 aromatic carbocycles. The van der Waals surface area contributed by atoms with Crippen LogP contribution in [0.15, 0.2) is 40.7 Å². The number of thiazole rings is 1. The number of carbonyl (C=O) groups excluding carboxylic acids is 3. The molecule has 0 spiro atoms. The minimum Gasteiger partial charge on any atom is -0.465 e. The van der Waals surface area contributed by atoms with Gasteiger partial charge in [0.2, 0.25) is 5.91 Å². The van der Waals surface area contributed by atoms with Crippen LogP contribution in [0.4, 0.5) is 5.69 Å². The highest BCUT2D eigenvalue weighted by molar-refractivity contribution is 7.16. The van der Waals surface area contributed by atoms with E-state index in [1.165, 1.54) is 29.6 Å². The van der Waals surface area contributed by atoms with Crippen LogP contribution in [-0.4, -0.2) is 29.0 Å². The fourth-order valence-corrected chi connectivity index (χ4v) is 4.14. The molecule has 140 valence electrons.